The number of amides is 1. The minimum atomic E-state index is -0.303. The summed E-state index contributed by atoms with van der Waals surface area (Å²) >= 11 is 7.49. The van der Waals surface area contributed by atoms with Crippen LogP contribution in [0.3, 0.4) is 0 Å². The van der Waals surface area contributed by atoms with E-state index in [-0.39, 0.29) is 18.2 Å². The molecule has 154 valence electrons. The first-order valence-corrected chi connectivity index (χ1v) is 10.7. The third-order valence-corrected chi connectivity index (χ3v) is 6.70. The van der Waals surface area contributed by atoms with Crippen molar-refractivity contribution in [2.24, 2.45) is 0 Å². The number of ether oxygens (including phenoxy) is 2. The van der Waals surface area contributed by atoms with Crippen LogP contribution in [0.5, 0.6) is 11.5 Å². The number of benzene rings is 2. The number of nitrogens with zero attached hydrogens (tertiary/aromatic N) is 3. The van der Waals surface area contributed by atoms with Gasteiger partial charge in [-0.15, -0.1) is 0 Å². The predicted octanol–water partition coefficient (Wildman–Crippen LogP) is 4.58. The number of fused-ring (bicyclic) bond motifs is 1. The number of rotatable bonds is 4. The molecule has 4 rings (SSSR count). The number of thioether (sulfide) groups is 1. The lowest BCUT2D eigenvalue weighted by Crippen LogP contribution is -2.47. The molecule has 2 aromatic carbocycles. The topological polar surface area (TPSA) is 65.8 Å². The van der Waals surface area contributed by atoms with E-state index >= 15 is 0 Å². The van der Waals surface area contributed by atoms with Gasteiger partial charge in [-0.25, -0.2) is 0 Å². The van der Waals surface area contributed by atoms with Gasteiger partial charge in [0.1, 0.15) is 0 Å². The number of hydrogen-bond donors (Lipinski definition) is 0. The van der Waals surface area contributed by atoms with Crippen molar-refractivity contribution in [3.8, 4) is 17.6 Å². The summed E-state index contributed by atoms with van der Waals surface area (Å²) in [5.41, 5.74) is 2.47. The molecular formula is C22H20ClN3O3S. The van der Waals surface area contributed by atoms with Crippen LogP contribution in [0.25, 0.3) is 0 Å². The molecule has 0 N–H and O–H groups in total. The van der Waals surface area contributed by atoms with Gasteiger partial charge >= 0.3 is 0 Å². The number of hydrogen-bond acceptors (Lipinski definition) is 6. The molecule has 30 heavy (non-hydrogen) atoms. The highest BCUT2D eigenvalue weighted by Crippen LogP contribution is 2.44. The van der Waals surface area contributed by atoms with Gasteiger partial charge in [0.25, 0.3) is 0 Å². The molecule has 1 fully saturated rings. The fraction of sp³-hybridized carbons (Fsp3) is 0.273. The van der Waals surface area contributed by atoms with Crippen molar-refractivity contribution in [2.45, 2.75) is 12.3 Å². The average Bonchev–Trinajstić information content (AvgIpc) is 2.78. The molecular weight excluding hydrogens is 422 g/mol. The van der Waals surface area contributed by atoms with Gasteiger partial charge in [0.15, 0.2) is 11.5 Å². The molecule has 0 spiro atoms. The van der Waals surface area contributed by atoms with E-state index in [4.69, 9.17) is 21.1 Å². The van der Waals surface area contributed by atoms with Crippen LogP contribution < -0.4 is 14.4 Å². The van der Waals surface area contributed by atoms with Crippen LogP contribution in [0.1, 0.15) is 17.9 Å². The van der Waals surface area contributed by atoms with Crippen molar-refractivity contribution in [2.75, 3.05) is 31.7 Å². The van der Waals surface area contributed by atoms with E-state index < -0.39 is 0 Å². The first kappa shape index (κ1) is 20.5. The summed E-state index contributed by atoms with van der Waals surface area (Å²) in [5, 5.41) is 11.3. The molecule has 2 aromatic rings. The number of carbonyl (C=O) groups excluding carboxylic acids is 1. The Kier molecular flexibility index (Phi) is 5.80. The Morgan fingerprint density at radius 3 is 2.53 bits per heavy atom. The molecule has 0 saturated carbocycles. The summed E-state index contributed by atoms with van der Waals surface area (Å²) in [6.45, 7) is 0.409. The standard InChI is InChI=1S/C22H20ClN3O3S/c1-28-19-8-3-14(9-20(19)29-2)17-10-21(27)26-12-25(13-30-22(26)18(17)11-24)16-6-4-15(23)5-7-16/h3-9,17H,10,12-13H2,1-2H3/t17-/m0/s1. The summed E-state index contributed by atoms with van der Waals surface area (Å²) in [7, 11) is 3.15. The first-order chi connectivity index (χ1) is 14.5. The monoisotopic (exact) mass is 441 g/mol. The lowest BCUT2D eigenvalue weighted by molar-refractivity contribution is -0.129. The van der Waals surface area contributed by atoms with Crippen molar-refractivity contribution >= 4 is 35.0 Å². The van der Waals surface area contributed by atoms with Crippen LogP contribution in [-0.4, -0.2) is 37.6 Å². The lowest BCUT2D eigenvalue weighted by Gasteiger charge is -2.42. The average molecular weight is 442 g/mol. The van der Waals surface area contributed by atoms with Gasteiger partial charge in [0.05, 0.1) is 43.4 Å². The van der Waals surface area contributed by atoms with E-state index in [0.717, 1.165) is 16.3 Å². The molecule has 0 aromatic heterocycles. The first-order valence-electron chi connectivity index (χ1n) is 9.35. The zero-order valence-corrected chi connectivity index (χ0v) is 18.2. The summed E-state index contributed by atoms with van der Waals surface area (Å²) < 4.78 is 10.7. The second-order valence-electron chi connectivity index (χ2n) is 6.95. The molecule has 0 aliphatic carbocycles. The van der Waals surface area contributed by atoms with Crippen LogP contribution in [-0.2, 0) is 4.79 Å². The Morgan fingerprint density at radius 2 is 1.87 bits per heavy atom. The third kappa shape index (κ3) is 3.69. The summed E-state index contributed by atoms with van der Waals surface area (Å²) in [4.78, 5) is 16.8. The highest BCUT2D eigenvalue weighted by atomic mass is 35.5. The summed E-state index contributed by atoms with van der Waals surface area (Å²) in [6.07, 6.45) is 0.233. The molecule has 1 amide bonds. The number of halogens is 1. The minimum absolute atomic E-state index is 0.00468. The molecule has 2 aliphatic rings. The maximum Gasteiger partial charge on any atom is 0.229 e. The molecule has 6 nitrogen and oxygen atoms in total. The Hall–Kier alpha value is -2.82. The van der Waals surface area contributed by atoms with Gasteiger partial charge in [-0.05, 0) is 42.0 Å². The van der Waals surface area contributed by atoms with Gasteiger partial charge in [0, 0.05) is 23.0 Å². The predicted molar refractivity (Wildman–Crippen MR) is 118 cm³/mol. The number of nitriles is 1. The van der Waals surface area contributed by atoms with E-state index in [9.17, 15) is 10.1 Å². The van der Waals surface area contributed by atoms with E-state index in [2.05, 4.69) is 11.0 Å². The van der Waals surface area contributed by atoms with Gasteiger partial charge < -0.3 is 14.4 Å². The number of allylic oxidation sites excluding steroid dienone is 1. The maximum absolute atomic E-state index is 13.0. The normalized spacial score (nSPS) is 18.7. The van der Waals surface area contributed by atoms with Crippen LogP contribution in [0.4, 0.5) is 5.69 Å². The molecule has 1 saturated heterocycles. The summed E-state index contributed by atoms with van der Waals surface area (Å²) in [6, 6.07) is 15.4. The molecule has 0 radical (unpaired) electrons. The fourth-order valence-corrected chi connectivity index (χ4v) is 5.03. The van der Waals surface area contributed by atoms with Crippen molar-refractivity contribution in [1.82, 2.24) is 4.90 Å². The smallest absolute Gasteiger partial charge is 0.229 e. The summed E-state index contributed by atoms with van der Waals surface area (Å²) in [5.74, 6) is 1.53. The largest absolute Gasteiger partial charge is 0.493 e. The highest BCUT2D eigenvalue weighted by Gasteiger charge is 2.38. The van der Waals surface area contributed by atoms with Gasteiger partial charge in [-0.1, -0.05) is 29.4 Å². The lowest BCUT2D eigenvalue weighted by atomic mass is 9.86. The van der Waals surface area contributed by atoms with E-state index in [1.54, 1.807) is 25.2 Å². The zero-order valence-electron chi connectivity index (χ0n) is 16.6. The van der Waals surface area contributed by atoms with Crippen molar-refractivity contribution in [1.29, 1.82) is 5.26 Å². The number of carbonyl (C=O) groups is 1. The number of methoxy groups -OCH3 is 2. The van der Waals surface area contributed by atoms with Gasteiger partial charge in [-0.2, -0.15) is 5.26 Å². The Morgan fingerprint density at radius 1 is 1.13 bits per heavy atom. The maximum atomic E-state index is 13.0. The van der Waals surface area contributed by atoms with E-state index in [1.165, 1.54) is 11.8 Å². The van der Waals surface area contributed by atoms with Crippen LogP contribution >= 0.6 is 23.4 Å². The second-order valence-corrected chi connectivity index (χ2v) is 8.32. The fourth-order valence-electron chi connectivity index (χ4n) is 3.73. The second kappa shape index (κ2) is 8.50. The molecule has 2 aliphatic heterocycles. The molecule has 8 heteroatoms. The number of anilines is 1. The Labute approximate surface area is 184 Å². The SMILES string of the molecule is COc1ccc([C@@H]2CC(=O)N3CN(c4ccc(Cl)cc4)CSC3=C2C#N)cc1OC. The molecule has 0 bridgehead atoms. The van der Waals surface area contributed by atoms with Gasteiger partial charge in [0.2, 0.25) is 5.91 Å². The zero-order chi connectivity index (χ0) is 21.3. The quantitative estimate of drug-likeness (QED) is 0.692. The molecule has 0 unspecified atom stereocenters. The van der Waals surface area contributed by atoms with Gasteiger partial charge in [-0.3, -0.25) is 9.69 Å². The van der Waals surface area contributed by atoms with Crippen LogP contribution in [0.2, 0.25) is 5.02 Å². The van der Waals surface area contributed by atoms with Crippen molar-refractivity contribution < 1.29 is 14.3 Å². The van der Waals surface area contributed by atoms with Crippen molar-refractivity contribution in [3.63, 3.8) is 0 Å². The van der Waals surface area contributed by atoms with Crippen LogP contribution in [0, 0.1) is 11.3 Å². The molecule has 1 atom stereocenters. The van der Waals surface area contributed by atoms with Crippen molar-refractivity contribution in [3.05, 3.63) is 63.7 Å². The Balaban J connectivity index is 1.66. The Bertz CT molecular complexity index is 1050. The third-order valence-electron chi connectivity index (χ3n) is 5.30. The van der Waals surface area contributed by atoms with E-state index in [1.807, 2.05) is 36.4 Å². The molecule has 2 heterocycles. The minimum Gasteiger partial charge on any atom is -0.493 e. The van der Waals surface area contributed by atoms with Crippen LogP contribution in [0.15, 0.2) is 53.1 Å². The highest BCUT2D eigenvalue weighted by molar-refractivity contribution is 8.03. The van der Waals surface area contributed by atoms with E-state index in [0.29, 0.717) is 34.6 Å².